The maximum atomic E-state index is 11.2. The van der Waals surface area contributed by atoms with Crippen molar-refractivity contribution in [2.24, 2.45) is 5.16 Å². The number of aromatic carboxylic acids is 1. The molecule has 3 rings (SSSR count). The quantitative estimate of drug-likeness (QED) is 0.902. The number of methoxy groups -OCH3 is 1. The van der Waals surface area contributed by atoms with Gasteiger partial charge in [-0.3, -0.25) is 0 Å². The van der Waals surface area contributed by atoms with E-state index in [1.807, 2.05) is 26.0 Å². The molecule has 0 aliphatic carbocycles. The van der Waals surface area contributed by atoms with Crippen molar-refractivity contribution in [2.75, 3.05) is 7.11 Å². The molecule has 0 saturated carbocycles. The topological polar surface area (TPSA) is 85.9 Å². The summed E-state index contributed by atoms with van der Waals surface area (Å²) in [4.78, 5) is 16.9. The van der Waals surface area contributed by atoms with Gasteiger partial charge in [-0.25, -0.2) is 9.48 Å². The lowest BCUT2D eigenvalue weighted by Crippen LogP contribution is -2.26. The Labute approximate surface area is 145 Å². The highest BCUT2D eigenvalue weighted by Gasteiger charge is 2.40. The number of aromatic nitrogens is 2. The van der Waals surface area contributed by atoms with Crippen molar-refractivity contribution in [3.63, 3.8) is 0 Å². The lowest BCUT2D eigenvalue weighted by Gasteiger charge is -2.22. The molecule has 0 amide bonds. The minimum Gasteiger partial charge on any atom is -0.478 e. The van der Waals surface area contributed by atoms with Gasteiger partial charge < -0.3 is 14.7 Å². The van der Waals surface area contributed by atoms with Gasteiger partial charge >= 0.3 is 5.97 Å². The number of hydrogen-bond acceptors (Lipinski definition) is 5. The molecule has 0 radical (unpaired) electrons. The summed E-state index contributed by atoms with van der Waals surface area (Å²) in [6, 6.07) is 7.16. The Balaban J connectivity index is 1.88. The molecular formula is C18H21N3O4. The molecule has 2 aromatic rings. The molecule has 1 atom stereocenters. The van der Waals surface area contributed by atoms with Crippen LogP contribution in [0.3, 0.4) is 0 Å². The fraction of sp³-hybridized carbons (Fsp3) is 0.389. The second kappa shape index (κ2) is 6.33. The van der Waals surface area contributed by atoms with Crippen molar-refractivity contribution in [3.8, 4) is 0 Å². The van der Waals surface area contributed by atoms with E-state index in [4.69, 9.17) is 14.7 Å². The van der Waals surface area contributed by atoms with Crippen LogP contribution >= 0.6 is 0 Å². The lowest BCUT2D eigenvalue weighted by molar-refractivity contribution is -0.0196. The monoisotopic (exact) mass is 343 g/mol. The zero-order valence-electron chi connectivity index (χ0n) is 14.7. The molecular weight excluding hydrogens is 322 g/mol. The summed E-state index contributed by atoms with van der Waals surface area (Å²) >= 11 is 0. The predicted octanol–water partition coefficient (Wildman–Crippen LogP) is 2.84. The van der Waals surface area contributed by atoms with Crippen LogP contribution in [0.5, 0.6) is 0 Å². The molecule has 2 heterocycles. The van der Waals surface area contributed by atoms with Gasteiger partial charge in [-0.1, -0.05) is 11.2 Å². The minimum atomic E-state index is -0.933. The van der Waals surface area contributed by atoms with Crippen LogP contribution in [0.2, 0.25) is 0 Å². The highest BCUT2D eigenvalue weighted by atomic mass is 16.7. The van der Waals surface area contributed by atoms with Crippen LogP contribution < -0.4 is 0 Å². The van der Waals surface area contributed by atoms with Gasteiger partial charge in [0.2, 0.25) is 0 Å². The van der Waals surface area contributed by atoms with Crippen LogP contribution in [-0.4, -0.2) is 33.7 Å². The van der Waals surface area contributed by atoms with E-state index in [1.54, 1.807) is 30.8 Å². The van der Waals surface area contributed by atoms with Crippen LogP contribution in [0.25, 0.3) is 0 Å². The molecule has 132 valence electrons. The molecule has 0 saturated heterocycles. The van der Waals surface area contributed by atoms with E-state index in [1.165, 1.54) is 0 Å². The van der Waals surface area contributed by atoms with Crippen molar-refractivity contribution < 1.29 is 19.5 Å². The van der Waals surface area contributed by atoms with Crippen molar-refractivity contribution in [1.29, 1.82) is 0 Å². The maximum Gasteiger partial charge on any atom is 0.335 e. The zero-order valence-corrected chi connectivity index (χ0v) is 14.7. The number of benzene rings is 1. The number of carboxylic acid groups (broad SMARTS) is 1. The zero-order chi connectivity index (χ0) is 18.2. The standard InChI is InChI=1S/C18H21N3O4/c1-11-7-13(5-6-14(11)17(22)23)15-9-18(3,25-20-15)16-8-12(2)19-21(16)10-24-4/h5-8H,9-10H2,1-4H3,(H,22,23). The summed E-state index contributed by atoms with van der Waals surface area (Å²) in [6.07, 6.45) is 0.563. The van der Waals surface area contributed by atoms with Gasteiger partial charge in [-0.15, -0.1) is 0 Å². The SMILES string of the molecule is COCn1nc(C)cc1C1(C)CC(c2ccc(C(=O)O)c(C)c2)=NO1. The van der Waals surface area contributed by atoms with Crippen molar-refractivity contribution in [2.45, 2.75) is 39.5 Å². The average molecular weight is 343 g/mol. The van der Waals surface area contributed by atoms with Crippen LogP contribution in [0.4, 0.5) is 0 Å². The van der Waals surface area contributed by atoms with Crippen LogP contribution in [0, 0.1) is 13.8 Å². The normalized spacial score (nSPS) is 19.6. The van der Waals surface area contributed by atoms with E-state index in [0.29, 0.717) is 24.3 Å². The Hall–Kier alpha value is -2.67. The number of nitrogens with zero attached hydrogens (tertiary/aromatic N) is 3. The Kier molecular flexibility index (Phi) is 4.34. The van der Waals surface area contributed by atoms with Gasteiger partial charge in [-0.05, 0) is 50.1 Å². The fourth-order valence-corrected chi connectivity index (χ4v) is 3.11. The van der Waals surface area contributed by atoms with E-state index < -0.39 is 11.6 Å². The molecule has 25 heavy (non-hydrogen) atoms. The Morgan fingerprint density at radius 2 is 2.16 bits per heavy atom. The summed E-state index contributed by atoms with van der Waals surface area (Å²) < 4.78 is 6.97. The molecule has 1 unspecified atom stereocenters. The van der Waals surface area contributed by atoms with Gasteiger partial charge in [0.25, 0.3) is 0 Å². The summed E-state index contributed by atoms with van der Waals surface area (Å²) in [5.41, 5.74) is 3.76. The van der Waals surface area contributed by atoms with Crippen LogP contribution in [0.1, 0.15) is 46.2 Å². The van der Waals surface area contributed by atoms with Crippen LogP contribution in [-0.2, 0) is 21.9 Å². The van der Waals surface area contributed by atoms with E-state index in [0.717, 1.165) is 22.7 Å². The van der Waals surface area contributed by atoms with Gasteiger partial charge in [-0.2, -0.15) is 5.10 Å². The van der Waals surface area contributed by atoms with E-state index in [9.17, 15) is 4.79 Å². The highest BCUT2D eigenvalue weighted by molar-refractivity contribution is 6.02. The first kappa shape index (κ1) is 17.2. The van der Waals surface area contributed by atoms with E-state index in [-0.39, 0.29) is 0 Å². The van der Waals surface area contributed by atoms with Crippen molar-refractivity contribution >= 4 is 11.7 Å². The van der Waals surface area contributed by atoms with E-state index in [2.05, 4.69) is 10.3 Å². The molecule has 7 heteroatoms. The first-order valence-electron chi connectivity index (χ1n) is 7.97. The largest absolute Gasteiger partial charge is 0.478 e. The molecule has 0 fully saturated rings. The molecule has 1 aliphatic heterocycles. The number of aryl methyl sites for hydroxylation is 2. The number of carbonyl (C=O) groups is 1. The number of ether oxygens (including phenoxy) is 1. The summed E-state index contributed by atoms with van der Waals surface area (Å²) in [5, 5.41) is 17.8. The maximum absolute atomic E-state index is 11.2. The molecule has 1 aliphatic rings. The molecule has 1 aromatic carbocycles. The van der Waals surface area contributed by atoms with Gasteiger partial charge in [0, 0.05) is 13.5 Å². The van der Waals surface area contributed by atoms with E-state index >= 15 is 0 Å². The number of hydrogen-bond donors (Lipinski definition) is 1. The average Bonchev–Trinajstić information content (AvgIpc) is 3.12. The third-order valence-electron chi connectivity index (χ3n) is 4.35. The summed E-state index contributed by atoms with van der Waals surface area (Å²) in [5.74, 6) is -0.933. The molecule has 7 nitrogen and oxygen atoms in total. The second-order valence-corrected chi connectivity index (χ2v) is 6.46. The molecule has 0 bridgehead atoms. The highest BCUT2D eigenvalue weighted by Crippen LogP contribution is 2.36. The molecule has 1 N–H and O–H groups in total. The van der Waals surface area contributed by atoms with Crippen molar-refractivity contribution in [3.05, 3.63) is 52.3 Å². The van der Waals surface area contributed by atoms with Gasteiger partial charge in [0.05, 0.1) is 22.7 Å². The summed E-state index contributed by atoms with van der Waals surface area (Å²) in [6.45, 7) is 6.00. The number of carboxylic acids is 1. The smallest absolute Gasteiger partial charge is 0.335 e. The predicted molar refractivity (Wildman–Crippen MR) is 91.7 cm³/mol. The Morgan fingerprint density at radius 1 is 1.40 bits per heavy atom. The van der Waals surface area contributed by atoms with Crippen molar-refractivity contribution in [1.82, 2.24) is 9.78 Å². The van der Waals surface area contributed by atoms with Gasteiger partial charge in [0.1, 0.15) is 6.73 Å². The second-order valence-electron chi connectivity index (χ2n) is 6.46. The summed E-state index contributed by atoms with van der Waals surface area (Å²) in [7, 11) is 1.62. The fourth-order valence-electron chi connectivity index (χ4n) is 3.11. The first-order chi connectivity index (χ1) is 11.8. The lowest BCUT2D eigenvalue weighted by atomic mass is 9.91. The number of rotatable bonds is 5. The molecule has 0 spiro atoms. The number of oxime groups is 1. The third kappa shape index (κ3) is 3.15. The Morgan fingerprint density at radius 3 is 2.80 bits per heavy atom. The van der Waals surface area contributed by atoms with Gasteiger partial charge in [0.15, 0.2) is 5.60 Å². The Bertz CT molecular complexity index is 856. The molecule has 1 aromatic heterocycles. The first-order valence-corrected chi connectivity index (χ1v) is 7.97. The van der Waals surface area contributed by atoms with Crippen LogP contribution in [0.15, 0.2) is 29.4 Å². The minimum absolute atomic E-state index is 0.292. The third-order valence-corrected chi connectivity index (χ3v) is 4.35.